The molecule has 1 rings (SSSR count). The Bertz CT molecular complexity index is 325. The van der Waals surface area contributed by atoms with E-state index < -0.39 is 0 Å². The molecule has 4 nitrogen and oxygen atoms in total. The second kappa shape index (κ2) is 5.96. The minimum atomic E-state index is -0.107. The number of carbonyl (C=O) groups excluding carboxylic acids is 2. The Balaban J connectivity index is 2.36. The first-order valence-electron chi connectivity index (χ1n) is 6.11. The van der Waals surface area contributed by atoms with Crippen LogP contribution in [-0.4, -0.2) is 49.5 Å². The van der Waals surface area contributed by atoms with Crippen LogP contribution in [0.5, 0.6) is 0 Å². The van der Waals surface area contributed by atoms with Crippen molar-refractivity contribution in [3.63, 3.8) is 0 Å². The Labute approximate surface area is 103 Å². The fraction of sp³-hybridized carbons (Fsp3) is 0.692. The van der Waals surface area contributed by atoms with E-state index in [1.54, 1.807) is 6.92 Å². The minimum Gasteiger partial charge on any atom is -0.460 e. The molecule has 1 unspecified atom stereocenters. The number of carbonyl (C=O) groups is 2. The molecule has 1 heterocycles. The standard InChI is InChI=1S/C13H22NO3/c1-11(2)12(15)5-4-7-14(3)8-6-13(16)17-10-9-14/h1,4-10H2,2-3H3/q+1. The van der Waals surface area contributed by atoms with Gasteiger partial charge in [0.05, 0.1) is 26.6 Å². The maximum absolute atomic E-state index is 11.4. The summed E-state index contributed by atoms with van der Waals surface area (Å²) in [5.41, 5.74) is 0.627. The molecular weight excluding hydrogens is 218 g/mol. The summed E-state index contributed by atoms with van der Waals surface area (Å²) in [5.74, 6) is 0.0311. The van der Waals surface area contributed by atoms with E-state index in [0.717, 1.165) is 30.5 Å². The third-order valence-corrected chi connectivity index (χ3v) is 3.33. The van der Waals surface area contributed by atoms with Gasteiger partial charge in [-0.2, -0.15) is 0 Å². The first-order chi connectivity index (χ1) is 7.93. The smallest absolute Gasteiger partial charge is 0.311 e. The lowest BCUT2D eigenvalue weighted by Gasteiger charge is -2.32. The zero-order valence-corrected chi connectivity index (χ0v) is 10.8. The van der Waals surface area contributed by atoms with Crippen LogP contribution in [0.3, 0.4) is 0 Å². The largest absolute Gasteiger partial charge is 0.460 e. The molecule has 0 spiro atoms. The highest BCUT2D eigenvalue weighted by Crippen LogP contribution is 2.12. The number of likely N-dealkylation sites (N-methyl/N-ethyl adjacent to an activating group) is 1. The van der Waals surface area contributed by atoms with Crippen LogP contribution < -0.4 is 0 Å². The van der Waals surface area contributed by atoms with Crippen LogP contribution >= 0.6 is 0 Å². The highest BCUT2D eigenvalue weighted by molar-refractivity contribution is 5.93. The molecule has 0 aromatic carbocycles. The van der Waals surface area contributed by atoms with Gasteiger partial charge in [0.2, 0.25) is 0 Å². The van der Waals surface area contributed by atoms with Crippen LogP contribution in [0.1, 0.15) is 26.2 Å². The van der Waals surface area contributed by atoms with Crippen molar-refractivity contribution in [3.8, 4) is 0 Å². The first kappa shape index (κ1) is 13.9. The number of quaternary nitrogens is 1. The average molecular weight is 240 g/mol. The van der Waals surface area contributed by atoms with Gasteiger partial charge in [-0.1, -0.05) is 6.58 Å². The third-order valence-electron chi connectivity index (χ3n) is 3.33. The Morgan fingerprint density at radius 3 is 2.82 bits per heavy atom. The maximum atomic E-state index is 11.4. The van der Waals surface area contributed by atoms with Crippen LogP contribution in [0.2, 0.25) is 0 Å². The Morgan fingerprint density at radius 2 is 2.18 bits per heavy atom. The summed E-state index contributed by atoms with van der Waals surface area (Å²) in [4.78, 5) is 22.6. The third kappa shape index (κ3) is 4.69. The quantitative estimate of drug-likeness (QED) is 0.413. The van der Waals surface area contributed by atoms with Gasteiger partial charge < -0.3 is 9.22 Å². The molecule has 1 saturated heterocycles. The molecule has 0 amide bonds. The van der Waals surface area contributed by atoms with Gasteiger partial charge in [0, 0.05) is 12.8 Å². The molecule has 0 aliphatic carbocycles. The number of esters is 1. The predicted molar refractivity (Wildman–Crippen MR) is 65.4 cm³/mol. The van der Waals surface area contributed by atoms with E-state index in [4.69, 9.17) is 4.74 Å². The van der Waals surface area contributed by atoms with Crippen LogP contribution in [-0.2, 0) is 14.3 Å². The molecular formula is C13H22NO3+. The monoisotopic (exact) mass is 240 g/mol. The van der Waals surface area contributed by atoms with Crippen molar-refractivity contribution >= 4 is 11.8 Å². The van der Waals surface area contributed by atoms with Gasteiger partial charge in [0.25, 0.3) is 0 Å². The molecule has 0 aromatic rings. The number of ether oxygens (including phenoxy) is 1. The van der Waals surface area contributed by atoms with Crippen molar-refractivity contribution in [2.24, 2.45) is 0 Å². The summed E-state index contributed by atoms with van der Waals surface area (Å²) in [7, 11) is 2.12. The van der Waals surface area contributed by atoms with Crippen molar-refractivity contribution < 1.29 is 18.8 Å². The van der Waals surface area contributed by atoms with Crippen molar-refractivity contribution in [3.05, 3.63) is 12.2 Å². The number of ketones is 1. The van der Waals surface area contributed by atoms with Gasteiger partial charge >= 0.3 is 5.97 Å². The van der Waals surface area contributed by atoms with Crippen molar-refractivity contribution in [2.45, 2.75) is 26.2 Å². The predicted octanol–water partition coefficient (Wildman–Crippen LogP) is 1.31. The number of allylic oxidation sites excluding steroid dienone is 1. The van der Waals surface area contributed by atoms with Crippen molar-refractivity contribution in [1.82, 2.24) is 0 Å². The number of nitrogens with zero attached hydrogens (tertiary/aromatic N) is 1. The molecule has 0 aromatic heterocycles. The lowest BCUT2D eigenvalue weighted by atomic mass is 10.1. The van der Waals surface area contributed by atoms with Gasteiger partial charge in [0.15, 0.2) is 5.78 Å². The molecule has 1 fully saturated rings. The van der Waals surface area contributed by atoms with E-state index in [9.17, 15) is 9.59 Å². The Hall–Kier alpha value is -1.16. The fourth-order valence-corrected chi connectivity index (χ4v) is 1.98. The van der Waals surface area contributed by atoms with Crippen LogP contribution in [0.25, 0.3) is 0 Å². The highest BCUT2D eigenvalue weighted by atomic mass is 16.5. The first-order valence-corrected chi connectivity index (χ1v) is 6.11. The fourth-order valence-electron chi connectivity index (χ4n) is 1.98. The van der Waals surface area contributed by atoms with Crippen molar-refractivity contribution in [1.29, 1.82) is 0 Å². The number of rotatable bonds is 5. The van der Waals surface area contributed by atoms with E-state index in [2.05, 4.69) is 13.6 Å². The summed E-state index contributed by atoms with van der Waals surface area (Å²) in [6.45, 7) is 8.44. The van der Waals surface area contributed by atoms with Gasteiger partial charge in [-0.05, 0) is 12.5 Å². The second-order valence-corrected chi connectivity index (χ2v) is 5.07. The number of hydrogen-bond acceptors (Lipinski definition) is 3. The van der Waals surface area contributed by atoms with E-state index in [1.807, 2.05) is 0 Å². The topological polar surface area (TPSA) is 43.4 Å². The van der Waals surface area contributed by atoms with E-state index in [1.165, 1.54) is 0 Å². The van der Waals surface area contributed by atoms with E-state index in [-0.39, 0.29) is 11.8 Å². The van der Waals surface area contributed by atoms with Gasteiger partial charge in [-0.3, -0.25) is 9.59 Å². The van der Waals surface area contributed by atoms with Gasteiger partial charge in [-0.15, -0.1) is 0 Å². The van der Waals surface area contributed by atoms with Crippen LogP contribution in [0.4, 0.5) is 0 Å². The molecule has 4 heteroatoms. The van der Waals surface area contributed by atoms with Gasteiger partial charge in [-0.25, -0.2) is 0 Å². The Morgan fingerprint density at radius 1 is 1.47 bits per heavy atom. The minimum absolute atomic E-state index is 0.107. The molecule has 0 saturated carbocycles. The highest BCUT2D eigenvalue weighted by Gasteiger charge is 2.26. The molecule has 0 radical (unpaired) electrons. The second-order valence-electron chi connectivity index (χ2n) is 5.07. The van der Waals surface area contributed by atoms with Crippen LogP contribution in [0.15, 0.2) is 12.2 Å². The van der Waals surface area contributed by atoms with E-state index >= 15 is 0 Å². The molecule has 17 heavy (non-hydrogen) atoms. The Kier molecular flexibility index (Phi) is 4.87. The maximum Gasteiger partial charge on any atom is 0.311 e. The molecule has 1 aliphatic heterocycles. The lowest BCUT2D eigenvalue weighted by Crippen LogP contribution is -2.46. The SMILES string of the molecule is C=C(C)C(=O)CCC[N+]1(C)CCOC(=O)CC1. The summed E-state index contributed by atoms with van der Waals surface area (Å²) < 4.78 is 5.84. The van der Waals surface area contributed by atoms with E-state index in [0.29, 0.717) is 25.0 Å². The zero-order valence-electron chi connectivity index (χ0n) is 10.8. The molecule has 1 atom stereocenters. The number of hydrogen-bond donors (Lipinski definition) is 0. The number of Topliss-reactive ketones (excluding diaryl/α,β-unsaturated/α-hetero) is 1. The molecule has 96 valence electrons. The average Bonchev–Trinajstić information content (AvgIpc) is 2.41. The zero-order chi connectivity index (χ0) is 12.9. The lowest BCUT2D eigenvalue weighted by molar-refractivity contribution is -0.908. The summed E-state index contributed by atoms with van der Waals surface area (Å²) >= 11 is 0. The van der Waals surface area contributed by atoms with Crippen molar-refractivity contribution in [2.75, 3.05) is 33.3 Å². The van der Waals surface area contributed by atoms with Crippen LogP contribution in [0, 0.1) is 0 Å². The summed E-state index contributed by atoms with van der Waals surface area (Å²) in [5, 5.41) is 0. The summed E-state index contributed by atoms with van der Waals surface area (Å²) in [6.07, 6.45) is 1.87. The normalized spacial score (nSPS) is 24.9. The number of cyclic esters (lactones) is 1. The van der Waals surface area contributed by atoms with Gasteiger partial charge in [0.1, 0.15) is 13.2 Å². The molecule has 0 bridgehead atoms. The molecule has 0 N–H and O–H groups in total. The molecule has 1 aliphatic rings. The summed E-state index contributed by atoms with van der Waals surface area (Å²) in [6, 6.07) is 0.